The lowest BCUT2D eigenvalue weighted by atomic mass is 10.2. The molecule has 2 aromatic rings. The van der Waals surface area contributed by atoms with Gasteiger partial charge in [0.2, 0.25) is 10.0 Å². The van der Waals surface area contributed by atoms with Crippen LogP contribution in [-0.2, 0) is 16.6 Å². The van der Waals surface area contributed by atoms with Crippen LogP contribution >= 0.6 is 15.9 Å². The molecule has 3 nitrogen and oxygen atoms in total. The first-order valence-corrected chi connectivity index (χ1v) is 8.09. The Balaban J connectivity index is 2.26. The zero-order valence-corrected chi connectivity index (χ0v) is 13.2. The molecular weight excluding hydrogens is 345 g/mol. The fourth-order valence-electron chi connectivity index (χ4n) is 1.78. The van der Waals surface area contributed by atoms with Gasteiger partial charge in [0.25, 0.3) is 0 Å². The summed E-state index contributed by atoms with van der Waals surface area (Å²) in [6.45, 7) is 0.221. The zero-order valence-electron chi connectivity index (χ0n) is 10.8. The predicted octanol–water partition coefficient (Wildman–Crippen LogP) is 3.41. The maximum atomic E-state index is 13.2. The van der Waals surface area contributed by atoms with Crippen LogP contribution < -0.4 is 0 Å². The Hall–Kier alpha value is -1.24. The van der Waals surface area contributed by atoms with Crippen molar-refractivity contribution in [2.24, 2.45) is 0 Å². The monoisotopic (exact) mass is 357 g/mol. The minimum Gasteiger partial charge on any atom is -0.207 e. The number of hydrogen-bond acceptors (Lipinski definition) is 2. The first-order valence-electron chi connectivity index (χ1n) is 5.86. The summed E-state index contributed by atoms with van der Waals surface area (Å²) in [5.74, 6) is -0.568. The van der Waals surface area contributed by atoms with Crippen molar-refractivity contribution in [1.29, 1.82) is 0 Å². The van der Waals surface area contributed by atoms with Gasteiger partial charge in [-0.15, -0.1) is 0 Å². The minimum absolute atomic E-state index is 0.0463. The van der Waals surface area contributed by atoms with E-state index in [2.05, 4.69) is 15.9 Å². The highest BCUT2D eigenvalue weighted by Gasteiger charge is 2.21. The lowest BCUT2D eigenvalue weighted by Gasteiger charge is -2.17. The Labute approximate surface area is 126 Å². The Morgan fingerprint density at radius 1 is 1.15 bits per heavy atom. The van der Waals surface area contributed by atoms with Gasteiger partial charge in [0.15, 0.2) is 0 Å². The van der Waals surface area contributed by atoms with Gasteiger partial charge in [0.1, 0.15) is 5.82 Å². The second-order valence-corrected chi connectivity index (χ2v) is 7.31. The molecule has 0 fully saturated rings. The van der Waals surface area contributed by atoms with Gasteiger partial charge < -0.3 is 0 Å². The highest BCUT2D eigenvalue weighted by atomic mass is 79.9. The van der Waals surface area contributed by atoms with Crippen molar-refractivity contribution in [3.05, 3.63) is 64.4 Å². The molecule has 0 aliphatic rings. The van der Waals surface area contributed by atoms with Gasteiger partial charge in [-0.25, -0.2) is 12.8 Å². The van der Waals surface area contributed by atoms with Gasteiger partial charge >= 0.3 is 0 Å². The molecule has 0 unspecified atom stereocenters. The highest BCUT2D eigenvalue weighted by Crippen LogP contribution is 2.19. The van der Waals surface area contributed by atoms with E-state index < -0.39 is 15.8 Å². The van der Waals surface area contributed by atoms with Crippen LogP contribution in [0.4, 0.5) is 4.39 Å². The predicted molar refractivity (Wildman–Crippen MR) is 79.2 cm³/mol. The number of sulfonamides is 1. The summed E-state index contributed by atoms with van der Waals surface area (Å²) < 4.78 is 39.9. The SMILES string of the molecule is CN(Cc1cccc(Br)c1)S(=O)(=O)c1cccc(F)c1. The standard InChI is InChI=1S/C14H13BrFNO2S/c1-17(10-11-4-2-5-12(15)8-11)20(18,19)14-7-3-6-13(16)9-14/h2-9H,10H2,1H3. The first kappa shape index (κ1) is 15.2. The number of rotatable bonds is 4. The van der Waals surface area contributed by atoms with Crippen molar-refractivity contribution in [1.82, 2.24) is 4.31 Å². The molecule has 0 N–H and O–H groups in total. The van der Waals surface area contributed by atoms with Gasteiger partial charge in [-0.3, -0.25) is 0 Å². The lowest BCUT2D eigenvalue weighted by molar-refractivity contribution is 0.466. The van der Waals surface area contributed by atoms with E-state index in [1.807, 2.05) is 24.3 Å². The van der Waals surface area contributed by atoms with E-state index in [-0.39, 0.29) is 11.4 Å². The molecule has 0 radical (unpaired) electrons. The molecule has 0 bridgehead atoms. The quantitative estimate of drug-likeness (QED) is 0.840. The van der Waals surface area contributed by atoms with Crippen molar-refractivity contribution >= 4 is 26.0 Å². The Kier molecular flexibility index (Phi) is 4.57. The molecule has 106 valence electrons. The number of benzene rings is 2. The first-order chi connectivity index (χ1) is 9.39. The van der Waals surface area contributed by atoms with Crippen LogP contribution in [0.25, 0.3) is 0 Å². The van der Waals surface area contributed by atoms with E-state index >= 15 is 0 Å². The van der Waals surface area contributed by atoms with E-state index in [9.17, 15) is 12.8 Å². The summed E-state index contributed by atoms with van der Waals surface area (Å²) in [6, 6.07) is 12.4. The molecule has 20 heavy (non-hydrogen) atoms. The van der Waals surface area contributed by atoms with Gasteiger partial charge in [0, 0.05) is 18.1 Å². The van der Waals surface area contributed by atoms with Crippen LogP contribution in [0.5, 0.6) is 0 Å². The molecule has 2 aromatic carbocycles. The summed E-state index contributed by atoms with van der Waals surface area (Å²) in [4.78, 5) is -0.0463. The molecular formula is C14H13BrFNO2S. The largest absolute Gasteiger partial charge is 0.243 e. The number of hydrogen-bond donors (Lipinski definition) is 0. The van der Waals surface area contributed by atoms with Crippen LogP contribution in [0, 0.1) is 5.82 Å². The van der Waals surface area contributed by atoms with E-state index in [1.165, 1.54) is 29.6 Å². The summed E-state index contributed by atoms with van der Waals surface area (Å²) in [6.07, 6.45) is 0. The maximum absolute atomic E-state index is 13.2. The Morgan fingerprint density at radius 2 is 1.85 bits per heavy atom. The third-order valence-corrected chi connectivity index (χ3v) is 5.09. The smallest absolute Gasteiger partial charge is 0.207 e. The molecule has 0 aliphatic carbocycles. The maximum Gasteiger partial charge on any atom is 0.243 e. The minimum atomic E-state index is -3.69. The molecule has 0 amide bonds. The number of halogens is 2. The molecule has 0 heterocycles. The van der Waals surface area contributed by atoms with Crippen LogP contribution in [0.3, 0.4) is 0 Å². The van der Waals surface area contributed by atoms with Crippen molar-refractivity contribution in [2.45, 2.75) is 11.4 Å². The second kappa shape index (κ2) is 6.03. The molecule has 0 saturated carbocycles. The van der Waals surface area contributed by atoms with Crippen LogP contribution in [0.1, 0.15) is 5.56 Å². The highest BCUT2D eigenvalue weighted by molar-refractivity contribution is 9.10. The normalized spacial score (nSPS) is 11.8. The van der Waals surface area contributed by atoms with E-state index in [4.69, 9.17) is 0 Å². The van der Waals surface area contributed by atoms with Gasteiger partial charge in [-0.2, -0.15) is 4.31 Å². The van der Waals surface area contributed by atoms with Crippen LogP contribution in [0.2, 0.25) is 0 Å². The van der Waals surface area contributed by atoms with Gasteiger partial charge in [-0.1, -0.05) is 34.1 Å². The molecule has 2 rings (SSSR count). The average Bonchev–Trinajstić information content (AvgIpc) is 2.38. The molecule has 0 saturated heterocycles. The summed E-state index contributed by atoms with van der Waals surface area (Å²) >= 11 is 3.34. The topological polar surface area (TPSA) is 37.4 Å². The molecule has 0 aliphatic heterocycles. The molecule has 0 aromatic heterocycles. The fourth-order valence-corrected chi connectivity index (χ4v) is 3.42. The van der Waals surface area contributed by atoms with Crippen molar-refractivity contribution in [2.75, 3.05) is 7.05 Å². The fraction of sp³-hybridized carbons (Fsp3) is 0.143. The second-order valence-electron chi connectivity index (χ2n) is 4.35. The van der Waals surface area contributed by atoms with Crippen LogP contribution in [0.15, 0.2) is 57.9 Å². The average molecular weight is 358 g/mol. The third-order valence-electron chi connectivity index (χ3n) is 2.80. The summed E-state index contributed by atoms with van der Waals surface area (Å²) in [7, 11) is -2.22. The van der Waals surface area contributed by atoms with E-state index in [1.54, 1.807) is 0 Å². The van der Waals surface area contributed by atoms with Crippen molar-refractivity contribution < 1.29 is 12.8 Å². The Bertz CT molecular complexity index is 719. The van der Waals surface area contributed by atoms with E-state index in [0.29, 0.717) is 0 Å². The third kappa shape index (κ3) is 3.45. The van der Waals surface area contributed by atoms with Crippen LogP contribution in [-0.4, -0.2) is 19.8 Å². The molecule has 0 atom stereocenters. The Morgan fingerprint density at radius 3 is 2.50 bits per heavy atom. The van der Waals surface area contributed by atoms with E-state index in [0.717, 1.165) is 16.1 Å². The van der Waals surface area contributed by atoms with Gasteiger partial charge in [0.05, 0.1) is 4.90 Å². The lowest BCUT2D eigenvalue weighted by Crippen LogP contribution is -2.26. The van der Waals surface area contributed by atoms with Gasteiger partial charge in [-0.05, 0) is 35.9 Å². The molecule has 0 spiro atoms. The van der Waals surface area contributed by atoms with Crippen molar-refractivity contribution in [3.63, 3.8) is 0 Å². The zero-order chi connectivity index (χ0) is 14.8. The summed E-state index contributed by atoms with van der Waals surface area (Å²) in [5.41, 5.74) is 0.849. The number of nitrogens with zero attached hydrogens (tertiary/aromatic N) is 1. The van der Waals surface area contributed by atoms with Crippen molar-refractivity contribution in [3.8, 4) is 0 Å². The summed E-state index contributed by atoms with van der Waals surface area (Å²) in [5, 5.41) is 0. The molecule has 6 heteroatoms.